The van der Waals surface area contributed by atoms with Crippen molar-refractivity contribution < 1.29 is 14.3 Å². The molecule has 1 atom stereocenters. The summed E-state index contributed by atoms with van der Waals surface area (Å²) < 4.78 is 5.32. The fourth-order valence-corrected chi connectivity index (χ4v) is 2.18. The van der Waals surface area contributed by atoms with Crippen LogP contribution in [0.2, 0.25) is 0 Å². The third kappa shape index (κ3) is 3.51. The molecule has 106 valence electrons. The predicted molar refractivity (Wildman–Crippen MR) is 74.4 cm³/mol. The van der Waals surface area contributed by atoms with E-state index in [1.54, 1.807) is 23.1 Å². The molecule has 4 heteroatoms. The van der Waals surface area contributed by atoms with Gasteiger partial charge >= 0.3 is 6.09 Å². The predicted octanol–water partition coefficient (Wildman–Crippen LogP) is 2.73. The molecule has 1 unspecified atom stereocenters. The van der Waals surface area contributed by atoms with Crippen molar-refractivity contribution >= 4 is 11.9 Å². The number of likely N-dealkylation sites (tertiary alicyclic amines) is 1. The summed E-state index contributed by atoms with van der Waals surface area (Å²) in [6.07, 6.45) is 0.317. The van der Waals surface area contributed by atoms with Crippen LogP contribution in [-0.2, 0) is 4.74 Å². The Morgan fingerprint density at radius 3 is 2.75 bits per heavy atom. The fourth-order valence-electron chi connectivity index (χ4n) is 2.18. The van der Waals surface area contributed by atoms with Crippen molar-refractivity contribution in [3.63, 3.8) is 0 Å². The van der Waals surface area contributed by atoms with Crippen LogP contribution in [0.3, 0.4) is 0 Å². The van der Waals surface area contributed by atoms with Crippen LogP contribution in [0.25, 0.3) is 0 Å². The Hall–Kier alpha value is -2.02. The molecule has 1 aliphatic heterocycles. The van der Waals surface area contributed by atoms with Crippen molar-refractivity contribution in [2.24, 2.45) is 5.92 Å². The lowest BCUT2D eigenvalue weighted by Crippen LogP contribution is -2.35. The first-order chi connectivity index (χ1) is 9.37. The van der Waals surface area contributed by atoms with Gasteiger partial charge in [-0.05, 0) is 39.3 Å². The van der Waals surface area contributed by atoms with Gasteiger partial charge in [-0.3, -0.25) is 4.79 Å². The van der Waals surface area contributed by atoms with Gasteiger partial charge in [0.05, 0.1) is 5.56 Å². The van der Waals surface area contributed by atoms with Gasteiger partial charge in [0.1, 0.15) is 5.60 Å². The summed E-state index contributed by atoms with van der Waals surface area (Å²) in [7, 11) is 0. The number of rotatable bonds is 2. The number of ketones is 1. The lowest BCUT2D eigenvalue weighted by atomic mass is 9.98. The Bertz CT molecular complexity index is 490. The summed E-state index contributed by atoms with van der Waals surface area (Å²) in [5.74, 6) is -0.150. The smallest absolute Gasteiger partial charge is 0.410 e. The highest BCUT2D eigenvalue weighted by Crippen LogP contribution is 2.22. The van der Waals surface area contributed by atoms with Gasteiger partial charge in [0.2, 0.25) is 0 Å². The lowest BCUT2D eigenvalue weighted by Gasteiger charge is -2.24. The average Bonchev–Trinajstić information content (AvgIpc) is 2.86. The summed E-state index contributed by atoms with van der Waals surface area (Å²) in [4.78, 5) is 25.8. The summed E-state index contributed by atoms with van der Waals surface area (Å²) in [6, 6.07) is 10.8. The molecule has 1 heterocycles. The number of ether oxygens (including phenoxy) is 1. The molecule has 20 heavy (non-hydrogen) atoms. The molecule has 1 fully saturated rings. The van der Waals surface area contributed by atoms with E-state index in [0.29, 0.717) is 25.1 Å². The fraction of sp³-hybridized carbons (Fsp3) is 0.500. The number of carbonyl (C=O) groups excluding carboxylic acids is 2. The van der Waals surface area contributed by atoms with Crippen LogP contribution in [0.15, 0.2) is 18.2 Å². The molecule has 1 aromatic rings. The summed E-state index contributed by atoms with van der Waals surface area (Å²) in [5.41, 5.74) is 0.0185. The molecule has 1 amide bonds. The largest absolute Gasteiger partial charge is 0.444 e. The summed E-state index contributed by atoms with van der Waals surface area (Å²) in [6.45, 7) is 6.47. The zero-order valence-corrected chi connectivity index (χ0v) is 12.1. The van der Waals surface area contributed by atoms with Gasteiger partial charge in [-0.15, -0.1) is 0 Å². The monoisotopic (exact) mass is 273 g/mol. The number of hydrogen-bond donors (Lipinski definition) is 0. The molecule has 1 aromatic carbocycles. The van der Waals surface area contributed by atoms with Crippen LogP contribution in [0.1, 0.15) is 37.6 Å². The van der Waals surface area contributed by atoms with E-state index in [1.165, 1.54) is 0 Å². The van der Waals surface area contributed by atoms with E-state index in [4.69, 9.17) is 4.74 Å². The van der Waals surface area contributed by atoms with E-state index in [-0.39, 0.29) is 17.8 Å². The Kier molecular flexibility index (Phi) is 3.99. The first-order valence-electron chi connectivity index (χ1n) is 6.77. The SMILES string of the molecule is CC(C)(C)OC(=O)N1CCC(C(=O)c2c#cccc2)C1. The highest BCUT2D eigenvalue weighted by atomic mass is 16.6. The minimum Gasteiger partial charge on any atom is -0.444 e. The van der Waals surface area contributed by atoms with Crippen LogP contribution in [0, 0.1) is 18.1 Å². The molecule has 1 saturated heterocycles. The number of carbonyl (C=O) groups is 2. The van der Waals surface area contributed by atoms with Gasteiger partial charge in [-0.2, -0.15) is 0 Å². The zero-order chi connectivity index (χ0) is 14.8. The molecule has 0 N–H and O–H groups in total. The molecule has 0 aliphatic carbocycles. The second-order valence-corrected chi connectivity index (χ2v) is 5.99. The van der Waals surface area contributed by atoms with Crippen molar-refractivity contribution in [1.82, 2.24) is 4.90 Å². The van der Waals surface area contributed by atoms with Crippen molar-refractivity contribution in [3.8, 4) is 0 Å². The Morgan fingerprint density at radius 2 is 2.15 bits per heavy atom. The molecule has 1 aliphatic rings. The Labute approximate surface area is 119 Å². The molecular formula is C16H19NO3. The Balaban J connectivity index is 1.96. The number of hydrogen-bond acceptors (Lipinski definition) is 3. The molecule has 4 nitrogen and oxygen atoms in total. The van der Waals surface area contributed by atoms with Gasteiger partial charge in [-0.25, -0.2) is 4.79 Å². The number of Topliss-reactive ketones (excluding diaryl/α,β-unsaturated/α-hetero) is 1. The average molecular weight is 273 g/mol. The van der Waals surface area contributed by atoms with E-state index >= 15 is 0 Å². The molecule has 0 spiro atoms. The zero-order valence-electron chi connectivity index (χ0n) is 12.1. The molecule has 0 bridgehead atoms. The quantitative estimate of drug-likeness (QED) is 0.778. The van der Waals surface area contributed by atoms with E-state index in [0.717, 1.165) is 0 Å². The number of nitrogens with zero attached hydrogens (tertiary/aromatic N) is 1. The Morgan fingerprint density at radius 1 is 1.40 bits per heavy atom. The minimum absolute atomic E-state index is 0.0212. The highest BCUT2D eigenvalue weighted by molar-refractivity contribution is 5.97. The number of amides is 1. The normalized spacial score (nSPS) is 18.6. The van der Waals surface area contributed by atoms with Crippen LogP contribution < -0.4 is 0 Å². The molecule has 0 saturated carbocycles. The van der Waals surface area contributed by atoms with E-state index in [2.05, 4.69) is 12.1 Å². The van der Waals surface area contributed by atoms with Gasteiger partial charge in [0.25, 0.3) is 0 Å². The van der Waals surface area contributed by atoms with Crippen LogP contribution in [0.4, 0.5) is 4.79 Å². The first kappa shape index (κ1) is 14.4. The second kappa shape index (κ2) is 5.54. The van der Waals surface area contributed by atoms with Crippen molar-refractivity contribution in [2.45, 2.75) is 32.8 Å². The van der Waals surface area contributed by atoms with Crippen LogP contribution in [-0.4, -0.2) is 35.5 Å². The second-order valence-electron chi connectivity index (χ2n) is 5.99. The third-order valence-corrected chi connectivity index (χ3v) is 3.13. The molecule has 0 aromatic heterocycles. The maximum Gasteiger partial charge on any atom is 0.410 e. The van der Waals surface area contributed by atoms with E-state index < -0.39 is 5.60 Å². The maximum absolute atomic E-state index is 12.3. The van der Waals surface area contributed by atoms with Crippen molar-refractivity contribution in [1.29, 1.82) is 0 Å². The maximum atomic E-state index is 12.3. The minimum atomic E-state index is -0.513. The third-order valence-electron chi connectivity index (χ3n) is 3.13. The van der Waals surface area contributed by atoms with Gasteiger partial charge < -0.3 is 9.64 Å². The van der Waals surface area contributed by atoms with E-state index in [1.807, 2.05) is 20.8 Å². The topological polar surface area (TPSA) is 46.6 Å². The molecular weight excluding hydrogens is 254 g/mol. The standard InChI is InChI=1S/C16H19NO3/c1-16(2,3)20-15(19)17-10-9-13(11-17)14(18)12-7-5-4-6-8-12/h4-5,7,13H,9-11H2,1-3H3. The highest BCUT2D eigenvalue weighted by Gasteiger charge is 2.33. The van der Waals surface area contributed by atoms with Gasteiger partial charge in [-0.1, -0.05) is 18.2 Å². The molecule has 0 radical (unpaired) electrons. The lowest BCUT2D eigenvalue weighted by molar-refractivity contribution is 0.0289. The molecule has 2 rings (SSSR count). The summed E-state index contributed by atoms with van der Waals surface area (Å²) >= 11 is 0. The summed E-state index contributed by atoms with van der Waals surface area (Å²) in [5, 5.41) is 0. The first-order valence-corrected chi connectivity index (χ1v) is 6.77. The van der Waals surface area contributed by atoms with E-state index in [9.17, 15) is 9.59 Å². The van der Waals surface area contributed by atoms with Crippen LogP contribution in [0.5, 0.6) is 0 Å². The van der Waals surface area contributed by atoms with Gasteiger partial charge in [0, 0.05) is 19.0 Å². The van der Waals surface area contributed by atoms with Gasteiger partial charge in [0.15, 0.2) is 5.78 Å². The van der Waals surface area contributed by atoms with Crippen molar-refractivity contribution in [3.05, 3.63) is 35.9 Å². The van der Waals surface area contributed by atoms with Crippen LogP contribution >= 0.6 is 0 Å². The van der Waals surface area contributed by atoms with Crippen molar-refractivity contribution in [2.75, 3.05) is 13.1 Å².